The summed E-state index contributed by atoms with van der Waals surface area (Å²) in [4.78, 5) is 14.3. The van der Waals surface area contributed by atoms with Crippen molar-refractivity contribution in [1.29, 1.82) is 0 Å². The van der Waals surface area contributed by atoms with Crippen LogP contribution in [0, 0.1) is 11.6 Å². The summed E-state index contributed by atoms with van der Waals surface area (Å²) in [6, 6.07) is 3.77. The van der Waals surface area contributed by atoms with Gasteiger partial charge >= 0.3 is 0 Å². The molecule has 3 atom stereocenters. The van der Waals surface area contributed by atoms with Gasteiger partial charge in [0.2, 0.25) is 4.73 Å². The summed E-state index contributed by atoms with van der Waals surface area (Å²) in [7, 11) is 0. The molecule has 1 saturated heterocycles. The van der Waals surface area contributed by atoms with Crippen LogP contribution >= 0.6 is 43.2 Å². The third-order valence-corrected chi connectivity index (χ3v) is 7.20. The lowest BCUT2D eigenvalue weighted by molar-refractivity contribution is 0.0800. The van der Waals surface area contributed by atoms with Crippen molar-refractivity contribution in [3.63, 3.8) is 0 Å². The number of halogens is 4. The van der Waals surface area contributed by atoms with E-state index in [2.05, 4.69) is 52.4 Å². The predicted octanol–water partition coefficient (Wildman–Crippen LogP) is 5.08. The van der Waals surface area contributed by atoms with Gasteiger partial charge in [-0.15, -0.1) is 16.4 Å². The SMILES string of the molecule is Fc1cccc(F)c1C1CC(c2csc(C3CC[N]C(n4nc(Br)nc4Br)C3)n2)=NO1. The van der Waals surface area contributed by atoms with E-state index >= 15 is 0 Å². The molecule has 3 aromatic rings. The van der Waals surface area contributed by atoms with E-state index in [1.54, 1.807) is 16.0 Å². The zero-order valence-electron chi connectivity index (χ0n) is 15.9. The molecule has 1 aromatic carbocycles. The number of hydrogen-bond acceptors (Lipinski definition) is 6. The van der Waals surface area contributed by atoms with Crippen molar-refractivity contribution >= 4 is 48.9 Å². The highest BCUT2D eigenvalue weighted by molar-refractivity contribution is 9.11. The maximum absolute atomic E-state index is 14.1. The zero-order chi connectivity index (χ0) is 21.5. The van der Waals surface area contributed by atoms with Gasteiger partial charge in [-0.05, 0) is 56.8 Å². The Hall–Kier alpha value is -1.76. The number of oxime groups is 1. The lowest BCUT2D eigenvalue weighted by atomic mass is 9.96. The first-order chi connectivity index (χ1) is 15.0. The van der Waals surface area contributed by atoms with E-state index in [1.807, 2.05) is 5.38 Å². The van der Waals surface area contributed by atoms with Crippen LogP contribution in [0.4, 0.5) is 8.78 Å². The van der Waals surface area contributed by atoms with Crippen molar-refractivity contribution in [3.05, 3.63) is 60.9 Å². The summed E-state index contributed by atoms with van der Waals surface area (Å²) < 4.78 is 31.0. The molecular weight excluding hydrogens is 558 g/mol. The summed E-state index contributed by atoms with van der Waals surface area (Å²) in [5.41, 5.74) is 1.18. The molecule has 0 spiro atoms. The van der Waals surface area contributed by atoms with E-state index in [0.29, 0.717) is 27.4 Å². The minimum atomic E-state index is -0.790. The van der Waals surface area contributed by atoms with Gasteiger partial charge in [0.25, 0.3) is 0 Å². The molecule has 2 aromatic heterocycles. The molecule has 7 nitrogen and oxygen atoms in total. The number of benzene rings is 1. The number of aromatic nitrogens is 4. The largest absolute Gasteiger partial charge is 0.387 e. The van der Waals surface area contributed by atoms with Crippen LogP contribution in [0.15, 0.2) is 38.2 Å². The minimum Gasteiger partial charge on any atom is -0.387 e. The zero-order valence-corrected chi connectivity index (χ0v) is 19.9. The third-order valence-electron chi connectivity index (χ3n) is 5.32. The second-order valence-electron chi connectivity index (χ2n) is 7.25. The Balaban J connectivity index is 1.30. The first kappa shape index (κ1) is 21.1. The Morgan fingerprint density at radius 2 is 1.97 bits per heavy atom. The fourth-order valence-corrected chi connectivity index (χ4v) is 5.85. The average molecular weight is 573 g/mol. The summed E-state index contributed by atoms with van der Waals surface area (Å²) >= 11 is 8.25. The second kappa shape index (κ2) is 8.64. The normalized spacial score (nSPS) is 23.6. The molecule has 12 heteroatoms. The Morgan fingerprint density at radius 1 is 1.16 bits per heavy atom. The Morgan fingerprint density at radius 3 is 2.71 bits per heavy atom. The Bertz CT molecular complexity index is 1130. The number of piperidine rings is 1. The topological polar surface area (TPSA) is 79.3 Å². The van der Waals surface area contributed by atoms with Gasteiger partial charge in [0.05, 0.1) is 16.3 Å². The molecule has 2 aliphatic rings. The molecule has 1 fully saturated rings. The molecule has 0 saturated carbocycles. The van der Waals surface area contributed by atoms with Crippen molar-refractivity contribution in [3.8, 4) is 0 Å². The smallest absolute Gasteiger partial charge is 0.218 e. The molecule has 31 heavy (non-hydrogen) atoms. The highest BCUT2D eigenvalue weighted by Gasteiger charge is 2.32. The lowest BCUT2D eigenvalue weighted by Crippen LogP contribution is -2.30. The third kappa shape index (κ3) is 4.18. The van der Waals surface area contributed by atoms with Crippen molar-refractivity contribution < 1.29 is 13.6 Å². The van der Waals surface area contributed by atoms with Gasteiger partial charge in [-0.1, -0.05) is 11.2 Å². The van der Waals surface area contributed by atoms with E-state index in [9.17, 15) is 8.78 Å². The van der Waals surface area contributed by atoms with Crippen molar-refractivity contribution in [2.45, 2.75) is 37.5 Å². The average Bonchev–Trinajstić information content (AvgIpc) is 3.48. The standard InChI is InChI=1S/C19H15Br2F2N6OS/c20-18-26-19(21)29(27-18)15-6-9(4-5-24-15)17-25-13(8-31-17)12-7-14(30-28-12)16-10(22)2-1-3-11(16)23/h1-3,8-9,14-15H,4-7H2. The van der Waals surface area contributed by atoms with Crippen molar-refractivity contribution in [2.24, 2.45) is 5.16 Å². The van der Waals surface area contributed by atoms with Gasteiger partial charge in [0, 0.05) is 24.3 Å². The van der Waals surface area contributed by atoms with Gasteiger partial charge in [-0.25, -0.2) is 23.8 Å². The first-order valence-electron chi connectivity index (χ1n) is 9.56. The van der Waals surface area contributed by atoms with E-state index < -0.39 is 17.7 Å². The van der Waals surface area contributed by atoms with Crippen LogP contribution in [0.1, 0.15) is 53.7 Å². The van der Waals surface area contributed by atoms with Crippen LogP contribution in [0.2, 0.25) is 0 Å². The van der Waals surface area contributed by atoms with Crippen LogP contribution < -0.4 is 5.32 Å². The van der Waals surface area contributed by atoms with E-state index in [0.717, 1.165) is 17.8 Å². The highest BCUT2D eigenvalue weighted by atomic mass is 79.9. The van der Waals surface area contributed by atoms with Gasteiger partial charge in [0.1, 0.15) is 23.5 Å². The molecule has 4 heterocycles. The summed E-state index contributed by atoms with van der Waals surface area (Å²) in [5, 5.41) is 16.0. The molecule has 0 aliphatic carbocycles. The first-order valence-corrected chi connectivity index (χ1v) is 12.0. The predicted molar refractivity (Wildman–Crippen MR) is 117 cm³/mol. The van der Waals surface area contributed by atoms with Crippen LogP contribution in [0.3, 0.4) is 0 Å². The van der Waals surface area contributed by atoms with Crippen LogP contribution in [-0.4, -0.2) is 32.0 Å². The van der Waals surface area contributed by atoms with Gasteiger partial charge in [-0.2, -0.15) is 4.98 Å². The van der Waals surface area contributed by atoms with Crippen molar-refractivity contribution in [2.75, 3.05) is 6.54 Å². The monoisotopic (exact) mass is 571 g/mol. The Labute approximate surface area is 197 Å². The fraction of sp³-hybridized carbons (Fsp3) is 0.368. The van der Waals surface area contributed by atoms with Crippen LogP contribution in [-0.2, 0) is 4.84 Å². The van der Waals surface area contributed by atoms with Gasteiger partial charge < -0.3 is 4.84 Å². The Kier molecular flexibility index (Phi) is 5.88. The lowest BCUT2D eigenvalue weighted by Gasteiger charge is -2.27. The molecule has 1 radical (unpaired) electrons. The summed E-state index contributed by atoms with van der Waals surface area (Å²) in [6.07, 6.45) is 1.00. The number of nitrogens with zero attached hydrogens (tertiary/aromatic N) is 6. The molecule has 0 amide bonds. The molecule has 0 bridgehead atoms. The van der Waals surface area contributed by atoms with Crippen LogP contribution in [0.5, 0.6) is 0 Å². The number of rotatable bonds is 4. The molecule has 161 valence electrons. The molecule has 3 unspecified atom stereocenters. The van der Waals surface area contributed by atoms with E-state index in [4.69, 9.17) is 9.82 Å². The van der Waals surface area contributed by atoms with Crippen molar-refractivity contribution in [1.82, 2.24) is 25.1 Å². The van der Waals surface area contributed by atoms with Gasteiger partial charge in [-0.3, -0.25) is 0 Å². The molecular formula is C19H15Br2F2N6OS. The quantitative estimate of drug-likeness (QED) is 0.436. The number of thiazole rings is 1. The van der Waals surface area contributed by atoms with E-state index in [-0.39, 0.29) is 24.1 Å². The molecule has 2 aliphatic heterocycles. The summed E-state index contributed by atoms with van der Waals surface area (Å²) in [6.45, 7) is 0.701. The summed E-state index contributed by atoms with van der Waals surface area (Å²) in [5.74, 6) is -1.05. The maximum Gasteiger partial charge on any atom is 0.218 e. The van der Waals surface area contributed by atoms with Gasteiger partial charge in [0.15, 0.2) is 10.8 Å². The molecule has 0 N–H and O–H groups in total. The highest BCUT2D eigenvalue weighted by Crippen LogP contribution is 2.37. The molecule has 5 rings (SSSR count). The second-order valence-corrected chi connectivity index (χ2v) is 9.55. The van der Waals surface area contributed by atoms with Crippen LogP contribution in [0.25, 0.3) is 0 Å². The maximum atomic E-state index is 14.1. The number of hydrogen-bond donors (Lipinski definition) is 0. The fourth-order valence-electron chi connectivity index (χ4n) is 3.81. The van der Waals surface area contributed by atoms with E-state index in [1.165, 1.54) is 18.2 Å². The minimum absolute atomic E-state index is 0.0991.